The van der Waals surface area contributed by atoms with Crippen LogP contribution in [-0.2, 0) is 26.2 Å². The van der Waals surface area contributed by atoms with Crippen molar-refractivity contribution < 1.29 is 26.2 Å². The third-order valence-corrected chi connectivity index (χ3v) is 16.3. The Morgan fingerprint density at radius 3 is 1.62 bits per heavy atom. The predicted octanol–water partition coefficient (Wildman–Crippen LogP) is 8.05. The van der Waals surface area contributed by atoms with Gasteiger partial charge in [-0.05, 0) is 5.16 Å². The average molecular weight is 517 g/mol. The molecule has 1 unspecified atom stereocenters. The molecule has 3 rings (SSSR count). The molecule has 0 aliphatic heterocycles. The van der Waals surface area contributed by atoms with E-state index in [0.717, 1.165) is 11.6 Å². The van der Waals surface area contributed by atoms with E-state index < -0.39 is 15.5 Å². The second-order valence-electron chi connectivity index (χ2n) is 7.98. The topological polar surface area (TPSA) is 0 Å². The summed E-state index contributed by atoms with van der Waals surface area (Å²) < 4.78 is 0. The van der Waals surface area contributed by atoms with Gasteiger partial charge in [-0.3, -0.25) is 6.08 Å². The first-order valence-electron chi connectivity index (χ1n) is 10.1. The summed E-state index contributed by atoms with van der Waals surface area (Å²) in [5.41, 5.74) is 0. The Labute approximate surface area is 205 Å². The molecular weight excluding hydrogens is 483 g/mol. The summed E-state index contributed by atoms with van der Waals surface area (Å²) in [6.45, 7) is 11.8. The Hall–Kier alpha value is -0.473. The molecule has 0 nitrogen and oxygen atoms in total. The quantitative estimate of drug-likeness (QED) is 0.214. The normalized spacial score (nSPS) is 13.7. The van der Waals surface area contributed by atoms with Crippen molar-refractivity contribution >= 4 is 26.5 Å². The van der Waals surface area contributed by atoms with E-state index >= 15 is 0 Å². The number of allylic oxidation sites excluding steroid dienone is 4. The van der Waals surface area contributed by atoms with Gasteiger partial charge < -0.3 is 0 Å². The number of benzene rings is 2. The van der Waals surface area contributed by atoms with Gasteiger partial charge in [0.15, 0.2) is 7.38 Å². The SMILES string of the molecule is CCCC([Si](C)(C)Cl)[Si](C)(C)C1=[C-]CC=C1.[Zr+3].[c-]1ccccc1.[c-]1ccccc1. The van der Waals surface area contributed by atoms with Crippen LogP contribution in [0, 0.1) is 18.2 Å². The van der Waals surface area contributed by atoms with Crippen molar-refractivity contribution in [2.75, 3.05) is 0 Å². The van der Waals surface area contributed by atoms with E-state index in [1.807, 2.05) is 60.7 Å². The first kappa shape index (κ1) is 28.5. The van der Waals surface area contributed by atoms with Gasteiger partial charge in [0.25, 0.3) is 0 Å². The molecule has 0 fully saturated rings. The molecule has 0 saturated carbocycles. The zero-order valence-corrected chi connectivity index (χ0v) is 23.7. The van der Waals surface area contributed by atoms with Crippen LogP contribution < -0.4 is 0 Å². The van der Waals surface area contributed by atoms with Crippen LogP contribution in [0.3, 0.4) is 0 Å². The summed E-state index contributed by atoms with van der Waals surface area (Å²) in [6, 6.07) is 25.0. The fourth-order valence-corrected chi connectivity index (χ4v) is 17.1. The van der Waals surface area contributed by atoms with E-state index in [2.05, 4.69) is 63.5 Å². The maximum absolute atomic E-state index is 6.75. The molecule has 2 aromatic carbocycles. The Kier molecular flexibility index (Phi) is 15.1. The van der Waals surface area contributed by atoms with Gasteiger partial charge in [-0.1, -0.05) is 46.0 Å². The number of halogens is 1. The molecule has 29 heavy (non-hydrogen) atoms. The van der Waals surface area contributed by atoms with Crippen molar-refractivity contribution in [3.8, 4) is 0 Å². The Morgan fingerprint density at radius 1 is 0.897 bits per heavy atom. The van der Waals surface area contributed by atoms with E-state index in [1.54, 1.807) is 0 Å². The number of hydrogen-bond donors (Lipinski definition) is 0. The number of rotatable bonds is 5. The maximum Gasteiger partial charge on any atom is 3.00 e. The maximum atomic E-state index is 6.75. The van der Waals surface area contributed by atoms with Crippen LogP contribution in [0.25, 0.3) is 0 Å². The fourth-order valence-electron chi connectivity index (χ4n) is 3.57. The van der Waals surface area contributed by atoms with Crippen molar-refractivity contribution in [3.63, 3.8) is 0 Å². The minimum Gasteiger partial charge on any atom is -0.274 e. The average Bonchev–Trinajstić information content (AvgIpc) is 3.25. The Morgan fingerprint density at radius 2 is 1.38 bits per heavy atom. The summed E-state index contributed by atoms with van der Waals surface area (Å²) in [5, 5.41) is 2.27. The molecule has 1 atom stereocenters. The minimum absolute atomic E-state index is 0. The third kappa shape index (κ3) is 11.5. The second-order valence-corrected chi connectivity index (χ2v) is 20.0. The molecule has 0 bridgehead atoms. The van der Waals surface area contributed by atoms with Crippen molar-refractivity contribution in [3.05, 3.63) is 96.2 Å². The van der Waals surface area contributed by atoms with E-state index in [9.17, 15) is 0 Å². The summed E-state index contributed by atoms with van der Waals surface area (Å²) in [4.78, 5) is 0. The largest absolute Gasteiger partial charge is 3.00 e. The van der Waals surface area contributed by atoms with Gasteiger partial charge in [0, 0.05) is 8.07 Å². The summed E-state index contributed by atoms with van der Waals surface area (Å²) in [7, 11) is -2.98. The predicted molar refractivity (Wildman–Crippen MR) is 131 cm³/mol. The molecule has 2 aromatic rings. The van der Waals surface area contributed by atoms with E-state index in [1.165, 1.54) is 18.0 Å². The second kappa shape index (κ2) is 15.3. The van der Waals surface area contributed by atoms with Crippen LogP contribution in [-0.4, -0.2) is 15.5 Å². The van der Waals surface area contributed by atoms with E-state index in [0.29, 0.717) is 0 Å². The molecule has 0 N–H and O–H groups in total. The fraction of sp³-hybridized carbons (Fsp3) is 0.360. The molecular formula is C25H34ClSi2Zr. The van der Waals surface area contributed by atoms with Crippen molar-refractivity contribution in [1.82, 2.24) is 0 Å². The molecule has 1 aliphatic rings. The standard InChI is InChI=1S/C13H24ClSi2.2C6H5.Zr/c1-6-9-13(16(4,5)14)15(2,3)12-10-7-8-11-12;2*1-2-4-6-5-3-1;/h7,10,13H,6,8-9H2,1-5H3;2*1-5H;/q3*-1;+3. The molecule has 0 saturated heterocycles. The van der Waals surface area contributed by atoms with Gasteiger partial charge in [-0.25, -0.2) is 11.3 Å². The molecule has 4 heteroatoms. The number of hydrogen-bond acceptors (Lipinski definition) is 0. The van der Waals surface area contributed by atoms with Crippen LogP contribution >= 0.6 is 11.1 Å². The first-order valence-corrected chi connectivity index (χ1v) is 17.3. The molecule has 153 valence electrons. The zero-order chi connectivity index (χ0) is 20.9. The van der Waals surface area contributed by atoms with Gasteiger partial charge in [-0.15, -0.1) is 6.42 Å². The summed E-state index contributed by atoms with van der Waals surface area (Å²) >= 11 is 6.75. The Balaban J connectivity index is 0.000000491. The van der Waals surface area contributed by atoms with Crippen molar-refractivity contribution in [1.29, 1.82) is 0 Å². The van der Waals surface area contributed by atoms with Gasteiger partial charge in [-0.2, -0.15) is 90.0 Å². The van der Waals surface area contributed by atoms with E-state index in [-0.39, 0.29) is 26.2 Å². The molecule has 0 amide bonds. The van der Waals surface area contributed by atoms with Crippen LogP contribution in [0.5, 0.6) is 0 Å². The van der Waals surface area contributed by atoms with Crippen LogP contribution in [0.15, 0.2) is 78.0 Å². The van der Waals surface area contributed by atoms with E-state index in [4.69, 9.17) is 11.1 Å². The Bertz CT molecular complexity index is 607. The molecule has 0 heterocycles. The van der Waals surface area contributed by atoms with Crippen LogP contribution in [0.2, 0.25) is 31.4 Å². The summed E-state index contributed by atoms with van der Waals surface area (Å²) in [5.74, 6) is 0. The zero-order valence-electron chi connectivity index (χ0n) is 18.5. The smallest absolute Gasteiger partial charge is 0.274 e. The minimum atomic E-state index is -1.57. The van der Waals surface area contributed by atoms with Crippen LogP contribution in [0.4, 0.5) is 0 Å². The van der Waals surface area contributed by atoms with Gasteiger partial charge in [0.05, 0.1) is 0 Å². The van der Waals surface area contributed by atoms with Gasteiger partial charge >= 0.3 is 26.2 Å². The first-order chi connectivity index (χ1) is 13.3. The molecule has 0 aromatic heterocycles. The van der Waals surface area contributed by atoms with Gasteiger partial charge in [0.2, 0.25) is 0 Å². The third-order valence-electron chi connectivity index (χ3n) is 4.88. The van der Waals surface area contributed by atoms with Gasteiger partial charge in [0.1, 0.15) is 0 Å². The molecule has 0 spiro atoms. The van der Waals surface area contributed by atoms with Crippen molar-refractivity contribution in [2.24, 2.45) is 0 Å². The molecule has 1 radical (unpaired) electrons. The van der Waals surface area contributed by atoms with Crippen LogP contribution in [0.1, 0.15) is 26.2 Å². The molecule has 1 aliphatic carbocycles. The summed E-state index contributed by atoms with van der Waals surface area (Å²) in [6.07, 6.45) is 11.6. The monoisotopic (exact) mass is 515 g/mol. The van der Waals surface area contributed by atoms with Crippen molar-refractivity contribution in [2.45, 2.75) is 57.5 Å².